The number of benzene rings is 1. The van der Waals surface area contributed by atoms with Gasteiger partial charge >= 0.3 is 41.7 Å². The molecule has 0 unspecified atom stereocenters. The van der Waals surface area contributed by atoms with E-state index in [0.717, 1.165) is 19.2 Å². The number of hydrogen-bond donors (Lipinski definition) is 2. The predicted molar refractivity (Wildman–Crippen MR) is 83.1 cm³/mol. The first-order valence-electron chi connectivity index (χ1n) is 8.00. The van der Waals surface area contributed by atoms with Crippen LogP contribution in [0, 0.1) is 0 Å². The molecule has 3 N–H and O–H groups in total. The largest absolute Gasteiger partial charge is 0.497 e. The van der Waals surface area contributed by atoms with Crippen molar-refractivity contribution in [3.8, 4) is 5.75 Å². The van der Waals surface area contributed by atoms with E-state index in [-0.39, 0.29) is 5.75 Å². The van der Waals surface area contributed by atoms with Crippen LogP contribution in [0.3, 0.4) is 0 Å². The molecule has 1 aromatic carbocycles. The maximum atomic E-state index is 14.1. The van der Waals surface area contributed by atoms with Crippen molar-refractivity contribution in [1.82, 2.24) is 5.43 Å². The molecule has 0 atom stereocenters. The van der Waals surface area contributed by atoms with Crippen LogP contribution in [0.2, 0.25) is 0 Å². The van der Waals surface area contributed by atoms with Gasteiger partial charge in [0.1, 0.15) is 5.75 Å². The number of hydrazine groups is 1. The van der Waals surface area contributed by atoms with Crippen LogP contribution < -0.4 is 16.0 Å². The molecule has 0 saturated carbocycles. The van der Waals surface area contributed by atoms with E-state index in [1.54, 1.807) is 0 Å². The van der Waals surface area contributed by atoms with E-state index < -0.39 is 53.2 Å². The molecular formula is C15H10F15N3O. The second-order valence-electron chi connectivity index (χ2n) is 6.25. The average molecular weight is 533 g/mol. The topological polar surface area (TPSA) is 59.6 Å². The van der Waals surface area contributed by atoms with Gasteiger partial charge in [-0.25, -0.2) is 10.8 Å². The lowest BCUT2D eigenvalue weighted by molar-refractivity contribution is -0.448. The van der Waals surface area contributed by atoms with Crippen molar-refractivity contribution in [2.24, 2.45) is 10.8 Å². The van der Waals surface area contributed by atoms with E-state index in [4.69, 9.17) is 0 Å². The summed E-state index contributed by atoms with van der Waals surface area (Å²) in [5, 5.41) is 0. The number of methoxy groups -OCH3 is 1. The summed E-state index contributed by atoms with van der Waals surface area (Å²) in [6.07, 6.45) is -7.67. The number of hydrogen-bond acceptors (Lipinski definition) is 3. The quantitative estimate of drug-likeness (QED) is 0.151. The smallest absolute Gasteiger partial charge is 0.460 e. The molecule has 34 heavy (non-hydrogen) atoms. The predicted octanol–water partition coefficient (Wildman–Crippen LogP) is 5.56. The van der Waals surface area contributed by atoms with Crippen molar-refractivity contribution < 1.29 is 70.6 Å². The standard InChI is InChI=1S/C15H10F15N3O/c1-34-7-4-2-6(3-5-7)32-8(33-31)9(16,17)10(18,19)11(20,21)12(22,23)13(24,25)14(26,27)15(28,29)30/h2-5H,31H2,1H3,(H,32,33). The normalized spacial score (nSPS) is 15.4. The Balaban J connectivity index is 3.64. The number of nitrogens with zero attached hydrogens (tertiary/aromatic N) is 1. The summed E-state index contributed by atoms with van der Waals surface area (Å²) in [7, 11) is 1.11. The lowest BCUT2D eigenvalue weighted by atomic mass is 9.90. The highest BCUT2D eigenvalue weighted by Gasteiger charge is 2.93. The van der Waals surface area contributed by atoms with Gasteiger partial charge in [-0.05, 0) is 24.3 Å². The van der Waals surface area contributed by atoms with Crippen molar-refractivity contribution >= 4 is 11.5 Å². The number of aliphatic imine (C=N–C) groups is 1. The van der Waals surface area contributed by atoms with Crippen LogP contribution in [0.5, 0.6) is 5.75 Å². The van der Waals surface area contributed by atoms with E-state index in [0.29, 0.717) is 17.6 Å². The molecule has 0 aromatic heterocycles. The Hall–Kier alpha value is -2.60. The molecule has 0 heterocycles. The highest BCUT2D eigenvalue weighted by Crippen LogP contribution is 2.62. The van der Waals surface area contributed by atoms with Crippen molar-refractivity contribution in [3.63, 3.8) is 0 Å². The van der Waals surface area contributed by atoms with E-state index in [2.05, 4.69) is 15.6 Å². The first kappa shape index (κ1) is 29.4. The number of alkyl halides is 15. The van der Waals surface area contributed by atoms with Crippen LogP contribution in [0.25, 0.3) is 0 Å². The zero-order chi connectivity index (χ0) is 27.2. The monoisotopic (exact) mass is 533 g/mol. The molecule has 196 valence electrons. The van der Waals surface area contributed by atoms with Crippen LogP contribution in [0.1, 0.15) is 0 Å². The number of ether oxygens (including phenoxy) is 1. The van der Waals surface area contributed by atoms with Gasteiger partial charge in [0, 0.05) is 0 Å². The third-order valence-corrected chi connectivity index (χ3v) is 4.08. The molecule has 0 bridgehead atoms. The summed E-state index contributed by atoms with van der Waals surface area (Å²) >= 11 is 0. The SMILES string of the molecule is COc1ccc(N=C(NN)C(F)(F)C(F)(F)C(F)(F)C(F)(F)C(F)(F)C(F)(F)C(F)(F)F)cc1. The lowest BCUT2D eigenvalue weighted by Crippen LogP contribution is -2.74. The minimum Gasteiger partial charge on any atom is -0.497 e. The maximum Gasteiger partial charge on any atom is 0.460 e. The molecule has 4 nitrogen and oxygen atoms in total. The Morgan fingerprint density at radius 2 is 1.06 bits per heavy atom. The number of amidine groups is 1. The fourth-order valence-electron chi connectivity index (χ4n) is 2.09. The Bertz CT molecular complexity index is 893. The molecular weight excluding hydrogens is 523 g/mol. The third-order valence-electron chi connectivity index (χ3n) is 4.08. The van der Waals surface area contributed by atoms with E-state index in [1.807, 2.05) is 0 Å². The second kappa shape index (κ2) is 8.56. The number of nitrogens with one attached hydrogen (secondary N) is 1. The fourth-order valence-corrected chi connectivity index (χ4v) is 2.09. The van der Waals surface area contributed by atoms with Crippen LogP contribution >= 0.6 is 0 Å². The van der Waals surface area contributed by atoms with Gasteiger partial charge in [-0.15, -0.1) is 0 Å². The molecule has 1 aromatic rings. The summed E-state index contributed by atoms with van der Waals surface area (Å²) in [6.45, 7) is 0. The lowest BCUT2D eigenvalue weighted by Gasteiger charge is -2.41. The van der Waals surface area contributed by atoms with Crippen molar-refractivity contribution in [3.05, 3.63) is 24.3 Å². The highest BCUT2D eigenvalue weighted by atomic mass is 19.4. The Morgan fingerprint density at radius 3 is 1.41 bits per heavy atom. The van der Waals surface area contributed by atoms with Crippen LogP contribution in [-0.4, -0.2) is 54.7 Å². The Labute approximate surface area is 178 Å². The van der Waals surface area contributed by atoms with Crippen molar-refractivity contribution in [1.29, 1.82) is 0 Å². The molecule has 0 saturated heterocycles. The van der Waals surface area contributed by atoms with Crippen molar-refractivity contribution in [2.75, 3.05) is 7.11 Å². The van der Waals surface area contributed by atoms with Gasteiger partial charge in [0.25, 0.3) is 0 Å². The number of rotatable bonds is 8. The van der Waals surface area contributed by atoms with Gasteiger partial charge in [0.2, 0.25) is 0 Å². The Morgan fingerprint density at radius 1 is 0.676 bits per heavy atom. The summed E-state index contributed by atoms with van der Waals surface area (Å²) < 4.78 is 203. The zero-order valence-electron chi connectivity index (χ0n) is 15.9. The van der Waals surface area contributed by atoms with Crippen LogP contribution in [0.4, 0.5) is 71.5 Å². The number of nitrogens with two attached hydrogens (primary N) is 1. The van der Waals surface area contributed by atoms with Crippen LogP contribution in [-0.2, 0) is 0 Å². The minimum absolute atomic E-state index is 0.0114. The van der Waals surface area contributed by atoms with Crippen LogP contribution in [0.15, 0.2) is 29.3 Å². The summed E-state index contributed by atoms with van der Waals surface area (Å²) in [5.41, 5.74) is -0.175. The first-order chi connectivity index (χ1) is 15.0. The van der Waals surface area contributed by atoms with Gasteiger partial charge < -0.3 is 10.2 Å². The Kier molecular flexibility index (Phi) is 7.41. The highest BCUT2D eigenvalue weighted by molar-refractivity contribution is 5.92. The van der Waals surface area contributed by atoms with Gasteiger partial charge in [-0.3, -0.25) is 0 Å². The summed E-state index contributed by atoms with van der Waals surface area (Å²) in [5.74, 6) is -45.9. The molecule has 1 rings (SSSR count). The molecule has 0 fully saturated rings. The molecule has 0 spiro atoms. The summed E-state index contributed by atoms with van der Waals surface area (Å²) in [4.78, 5) is 2.64. The van der Waals surface area contributed by atoms with Crippen molar-refractivity contribution in [2.45, 2.75) is 41.7 Å². The zero-order valence-corrected chi connectivity index (χ0v) is 15.9. The molecule has 0 radical (unpaired) electrons. The molecule has 19 heteroatoms. The third kappa shape index (κ3) is 4.17. The molecule has 0 aliphatic rings. The minimum atomic E-state index is -8.40. The van der Waals surface area contributed by atoms with E-state index in [1.165, 1.54) is 0 Å². The fraction of sp³-hybridized carbons (Fsp3) is 0.533. The molecule has 0 amide bonds. The maximum absolute atomic E-state index is 14.1. The van der Waals surface area contributed by atoms with E-state index >= 15 is 0 Å². The van der Waals surface area contributed by atoms with Gasteiger partial charge in [-0.2, -0.15) is 65.9 Å². The second-order valence-corrected chi connectivity index (χ2v) is 6.25. The van der Waals surface area contributed by atoms with Gasteiger partial charge in [0.05, 0.1) is 12.8 Å². The number of halogens is 15. The average Bonchev–Trinajstić information content (AvgIpc) is 2.70. The van der Waals surface area contributed by atoms with E-state index in [9.17, 15) is 65.9 Å². The molecule has 0 aliphatic heterocycles. The molecule has 0 aliphatic carbocycles. The first-order valence-corrected chi connectivity index (χ1v) is 8.00. The van der Waals surface area contributed by atoms with Gasteiger partial charge in [-0.1, -0.05) is 0 Å². The summed E-state index contributed by atoms with van der Waals surface area (Å²) in [6, 6.07) is 3.28. The van der Waals surface area contributed by atoms with Gasteiger partial charge in [0.15, 0.2) is 5.84 Å².